The molecule has 0 saturated carbocycles. The van der Waals surface area contributed by atoms with E-state index in [2.05, 4.69) is 68.4 Å². The molecule has 96 valence electrons. The lowest BCUT2D eigenvalue weighted by atomic mass is 10.0. The molecule has 1 heterocycles. The van der Waals surface area contributed by atoms with E-state index in [-0.39, 0.29) is 6.04 Å². The molecule has 0 radical (unpaired) electrons. The molecule has 0 spiro atoms. The highest BCUT2D eigenvalue weighted by molar-refractivity contribution is 9.10. The minimum Gasteiger partial charge on any atom is -0.309 e. The number of nitrogens with one attached hydrogen (secondary N) is 1. The number of halogens is 3. The van der Waals surface area contributed by atoms with Crippen LogP contribution in [0.3, 0.4) is 0 Å². The molecular formula is C13H12Br2ClNS. The van der Waals surface area contributed by atoms with Gasteiger partial charge in [0.15, 0.2) is 0 Å². The van der Waals surface area contributed by atoms with Gasteiger partial charge in [-0.3, -0.25) is 0 Å². The maximum Gasteiger partial charge on any atom is 0.107 e. The molecule has 1 atom stereocenters. The van der Waals surface area contributed by atoms with Crippen LogP contribution < -0.4 is 5.32 Å². The summed E-state index contributed by atoms with van der Waals surface area (Å²) in [6, 6.07) is 8.57. The van der Waals surface area contributed by atoms with Gasteiger partial charge in [-0.1, -0.05) is 33.6 Å². The van der Waals surface area contributed by atoms with Crippen LogP contribution in [0.1, 0.15) is 22.0 Å². The van der Waals surface area contributed by atoms with Gasteiger partial charge in [-0.05, 0) is 59.2 Å². The van der Waals surface area contributed by atoms with Crippen molar-refractivity contribution in [3.8, 4) is 0 Å². The van der Waals surface area contributed by atoms with Gasteiger partial charge in [0.2, 0.25) is 0 Å². The van der Waals surface area contributed by atoms with Crippen molar-refractivity contribution in [2.45, 2.75) is 13.0 Å². The smallest absolute Gasteiger partial charge is 0.107 e. The van der Waals surface area contributed by atoms with Crippen molar-refractivity contribution >= 4 is 54.8 Å². The zero-order valence-corrected chi connectivity index (χ0v) is 14.7. The summed E-state index contributed by atoms with van der Waals surface area (Å²) < 4.78 is 2.83. The van der Waals surface area contributed by atoms with Crippen molar-refractivity contribution in [2.75, 3.05) is 7.05 Å². The maximum atomic E-state index is 6.12. The second-order valence-corrected chi connectivity index (χ2v) is 7.45. The van der Waals surface area contributed by atoms with E-state index in [1.165, 1.54) is 16.0 Å². The highest BCUT2D eigenvalue weighted by Crippen LogP contribution is 2.38. The molecule has 18 heavy (non-hydrogen) atoms. The fourth-order valence-electron chi connectivity index (χ4n) is 1.88. The molecule has 0 aliphatic rings. The normalized spacial score (nSPS) is 12.7. The minimum absolute atomic E-state index is 0.163. The Kier molecular flexibility index (Phi) is 4.89. The third-order valence-corrected chi connectivity index (χ3v) is 5.82. The number of rotatable bonds is 3. The molecular weight excluding hydrogens is 397 g/mol. The van der Waals surface area contributed by atoms with Crippen molar-refractivity contribution < 1.29 is 0 Å². The number of thiophene rings is 1. The van der Waals surface area contributed by atoms with Crippen LogP contribution in [0.2, 0.25) is 4.34 Å². The lowest BCUT2D eigenvalue weighted by Gasteiger charge is -2.17. The van der Waals surface area contributed by atoms with Crippen molar-refractivity contribution in [1.82, 2.24) is 5.32 Å². The first-order chi connectivity index (χ1) is 8.52. The van der Waals surface area contributed by atoms with Gasteiger partial charge in [0.1, 0.15) is 4.34 Å². The molecule has 1 nitrogen and oxygen atoms in total. The van der Waals surface area contributed by atoms with Crippen LogP contribution in [0.4, 0.5) is 0 Å². The Balaban J connectivity index is 2.48. The highest BCUT2D eigenvalue weighted by Gasteiger charge is 2.18. The molecule has 1 aromatic carbocycles. The van der Waals surface area contributed by atoms with Crippen molar-refractivity contribution in [1.29, 1.82) is 0 Å². The van der Waals surface area contributed by atoms with E-state index in [1.807, 2.05) is 7.05 Å². The summed E-state index contributed by atoms with van der Waals surface area (Å²) in [7, 11) is 1.96. The van der Waals surface area contributed by atoms with Gasteiger partial charge in [0.05, 0.1) is 6.04 Å². The number of benzene rings is 1. The fraction of sp³-hybridized carbons (Fsp3) is 0.231. The topological polar surface area (TPSA) is 12.0 Å². The summed E-state index contributed by atoms with van der Waals surface area (Å²) in [5.74, 6) is 0. The average molecular weight is 410 g/mol. The van der Waals surface area contributed by atoms with Gasteiger partial charge in [0, 0.05) is 13.8 Å². The fourth-order valence-corrected chi connectivity index (χ4v) is 4.12. The van der Waals surface area contributed by atoms with Gasteiger partial charge in [0.25, 0.3) is 0 Å². The van der Waals surface area contributed by atoms with E-state index in [9.17, 15) is 0 Å². The molecule has 0 saturated heterocycles. The Bertz CT molecular complexity index is 549. The van der Waals surface area contributed by atoms with Crippen LogP contribution in [-0.4, -0.2) is 7.05 Å². The second-order valence-electron chi connectivity index (χ2n) is 3.99. The Morgan fingerprint density at radius 1 is 1.28 bits per heavy atom. The molecule has 0 aliphatic heterocycles. The molecule has 0 amide bonds. The summed E-state index contributed by atoms with van der Waals surface area (Å²) in [6.45, 7) is 2.12. The van der Waals surface area contributed by atoms with E-state index >= 15 is 0 Å². The van der Waals surface area contributed by atoms with Gasteiger partial charge < -0.3 is 5.32 Å². The summed E-state index contributed by atoms with van der Waals surface area (Å²) >= 11 is 14.7. The van der Waals surface area contributed by atoms with Crippen molar-refractivity contribution in [3.63, 3.8) is 0 Å². The first kappa shape index (κ1) is 14.5. The van der Waals surface area contributed by atoms with Gasteiger partial charge in [-0.25, -0.2) is 0 Å². The molecule has 1 N–H and O–H groups in total. The van der Waals surface area contributed by atoms with Crippen LogP contribution in [0.15, 0.2) is 33.2 Å². The van der Waals surface area contributed by atoms with Crippen molar-refractivity contribution in [3.05, 3.63) is 53.6 Å². The first-order valence-corrected chi connectivity index (χ1v) is 8.19. The molecule has 0 fully saturated rings. The molecule has 1 aromatic heterocycles. The monoisotopic (exact) mass is 407 g/mol. The van der Waals surface area contributed by atoms with E-state index in [1.54, 1.807) is 11.3 Å². The van der Waals surface area contributed by atoms with E-state index in [0.29, 0.717) is 0 Å². The van der Waals surface area contributed by atoms with E-state index < -0.39 is 0 Å². The van der Waals surface area contributed by atoms with Crippen LogP contribution in [0.25, 0.3) is 0 Å². The average Bonchev–Trinajstić information content (AvgIpc) is 2.65. The molecule has 0 bridgehead atoms. The maximum absolute atomic E-state index is 6.12. The van der Waals surface area contributed by atoms with E-state index in [0.717, 1.165) is 13.3 Å². The standard InChI is InChI=1S/C13H12Br2ClNS/c1-7-3-4-8(14)5-9(7)12(17-2)11-6-10(15)13(16)18-11/h3-6,12,17H,1-2H3. The largest absolute Gasteiger partial charge is 0.309 e. The van der Waals surface area contributed by atoms with Crippen LogP contribution in [0, 0.1) is 6.92 Å². The van der Waals surface area contributed by atoms with Crippen LogP contribution in [-0.2, 0) is 0 Å². The van der Waals surface area contributed by atoms with Crippen molar-refractivity contribution in [2.24, 2.45) is 0 Å². The summed E-state index contributed by atoms with van der Waals surface area (Å²) in [5, 5.41) is 3.35. The lowest BCUT2D eigenvalue weighted by Crippen LogP contribution is -2.17. The van der Waals surface area contributed by atoms with E-state index in [4.69, 9.17) is 11.6 Å². The highest BCUT2D eigenvalue weighted by atomic mass is 79.9. The molecule has 5 heteroatoms. The Hall–Kier alpha value is 0.130. The van der Waals surface area contributed by atoms with Gasteiger partial charge in [-0.15, -0.1) is 11.3 Å². The molecule has 1 unspecified atom stereocenters. The SMILES string of the molecule is CNC(c1cc(Br)c(Cl)s1)c1cc(Br)ccc1C. The van der Waals surface area contributed by atoms with Gasteiger partial charge >= 0.3 is 0 Å². The Morgan fingerprint density at radius 3 is 2.56 bits per heavy atom. The summed E-state index contributed by atoms with van der Waals surface area (Å²) in [6.07, 6.45) is 0. The quantitative estimate of drug-likeness (QED) is 0.701. The zero-order chi connectivity index (χ0) is 13.3. The summed E-state index contributed by atoms with van der Waals surface area (Å²) in [4.78, 5) is 1.20. The second kappa shape index (κ2) is 6.06. The molecule has 0 aliphatic carbocycles. The molecule has 2 rings (SSSR count). The predicted octanol–water partition coefficient (Wildman–Crippen LogP) is 5.54. The lowest BCUT2D eigenvalue weighted by molar-refractivity contribution is 0.699. The van der Waals surface area contributed by atoms with Gasteiger partial charge in [-0.2, -0.15) is 0 Å². The third-order valence-electron chi connectivity index (χ3n) is 2.79. The van der Waals surface area contributed by atoms with Crippen LogP contribution in [0.5, 0.6) is 0 Å². The number of hydrogen-bond acceptors (Lipinski definition) is 2. The minimum atomic E-state index is 0.163. The predicted molar refractivity (Wildman–Crippen MR) is 86.8 cm³/mol. The zero-order valence-electron chi connectivity index (χ0n) is 9.93. The first-order valence-electron chi connectivity index (χ1n) is 5.41. The Morgan fingerprint density at radius 2 is 2.00 bits per heavy atom. The Labute approximate surface area is 133 Å². The van der Waals surface area contributed by atoms with Crippen LogP contribution >= 0.6 is 54.8 Å². The third kappa shape index (κ3) is 2.99. The number of hydrogen-bond donors (Lipinski definition) is 1. The molecule has 2 aromatic rings. The summed E-state index contributed by atoms with van der Waals surface area (Å²) in [5.41, 5.74) is 2.52. The number of aryl methyl sites for hydroxylation is 1.